The average Bonchev–Trinajstić information content (AvgIpc) is 2.97. The molecule has 0 spiro atoms. The van der Waals surface area contributed by atoms with Crippen molar-refractivity contribution in [1.82, 2.24) is 0 Å². The molecule has 2 atom stereocenters. The van der Waals surface area contributed by atoms with E-state index in [1.807, 2.05) is 6.07 Å². The van der Waals surface area contributed by atoms with Crippen LogP contribution < -0.4 is 5.32 Å². The molecular formula is C19H20N2. The minimum absolute atomic E-state index is 0.148. The maximum atomic E-state index is 9.23. The predicted octanol–water partition coefficient (Wildman–Crippen LogP) is 4.38. The first-order chi connectivity index (χ1) is 10.4. The minimum Gasteiger partial charge on any atom is -0.381 e. The van der Waals surface area contributed by atoms with Crippen molar-refractivity contribution in [3.8, 4) is 6.07 Å². The predicted molar refractivity (Wildman–Crippen MR) is 86.1 cm³/mol. The number of nitriles is 1. The molecule has 2 unspecified atom stereocenters. The van der Waals surface area contributed by atoms with Gasteiger partial charge >= 0.3 is 0 Å². The minimum atomic E-state index is 0.148. The molecule has 2 aromatic carbocycles. The Morgan fingerprint density at radius 3 is 2.57 bits per heavy atom. The molecule has 0 aromatic heterocycles. The molecule has 1 fully saturated rings. The topological polar surface area (TPSA) is 35.8 Å². The van der Waals surface area contributed by atoms with Crippen molar-refractivity contribution < 1.29 is 0 Å². The smallest absolute Gasteiger partial charge is 0.0677 e. The van der Waals surface area contributed by atoms with E-state index in [2.05, 4.69) is 59.9 Å². The number of rotatable bonds is 4. The zero-order chi connectivity index (χ0) is 14.5. The zero-order valence-corrected chi connectivity index (χ0v) is 12.1. The SMILES string of the molecule is N#CC1CCCC1Nc1ccccc1Cc1ccccc1. The van der Waals surface area contributed by atoms with Gasteiger partial charge in [-0.25, -0.2) is 0 Å². The summed E-state index contributed by atoms with van der Waals surface area (Å²) in [4.78, 5) is 0. The third-order valence-electron chi connectivity index (χ3n) is 4.28. The van der Waals surface area contributed by atoms with Crippen LogP contribution in [-0.2, 0) is 6.42 Å². The van der Waals surface area contributed by atoms with Gasteiger partial charge in [-0.1, -0.05) is 48.5 Å². The van der Waals surface area contributed by atoms with Crippen molar-refractivity contribution in [2.75, 3.05) is 5.32 Å². The molecule has 1 aliphatic carbocycles. The molecule has 0 radical (unpaired) electrons. The summed E-state index contributed by atoms with van der Waals surface area (Å²) in [5.74, 6) is 0.148. The summed E-state index contributed by atoms with van der Waals surface area (Å²) in [5.41, 5.74) is 3.79. The molecule has 2 nitrogen and oxygen atoms in total. The average molecular weight is 276 g/mol. The first-order valence-corrected chi connectivity index (χ1v) is 7.65. The molecule has 1 aliphatic rings. The third kappa shape index (κ3) is 3.25. The Hall–Kier alpha value is -2.27. The van der Waals surface area contributed by atoms with Crippen LogP contribution in [0.4, 0.5) is 5.69 Å². The van der Waals surface area contributed by atoms with Crippen molar-refractivity contribution in [1.29, 1.82) is 5.26 Å². The van der Waals surface area contributed by atoms with Crippen molar-refractivity contribution in [2.24, 2.45) is 5.92 Å². The fourth-order valence-corrected chi connectivity index (χ4v) is 3.12. The largest absolute Gasteiger partial charge is 0.381 e. The second kappa shape index (κ2) is 6.45. The van der Waals surface area contributed by atoms with Crippen LogP contribution in [0.25, 0.3) is 0 Å². The summed E-state index contributed by atoms with van der Waals surface area (Å²) < 4.78 is 0. The highest BCUT2D eigenvalue weighted by Gasteiger charge is 2.27. The molecule has 0 amide bonds. The number of hydrogen-bond acceptors (Lipinski definition) is 2. The van der Waals surface area contributed by atoms with Crippen LogP contribution in [-0.4, -0.2) is 6.04 Å². The first kappa shape index (κ1) is 13.7. The molecule has 0 heterocycles. The molecule has 3 rings (SSSR count). The summed E-state index contributed by atoms with van der Waals surface area (Å²) in [6, 6.07) is 21.7. The van der Waals surface area contributed by atoms with Gasteiger partial charge in [-0.2, -0.15) is 5.26 Å². The third-order valence-corrected chi connectivity index (χ3v) is 4.28. The molecule has 2 heteroatoms. The molecule has 0 aliphatic heterocycles. The van der Waals surface area contributed by atoms with Crippen LogP contribution >= 0.6 is 0 Å². The lowest BCUT2D eigenvalue weighted by molar-refractivity contribution is 0.629. The van der Waals surface area contributed by atoms with E-state index in [1.54, 1.807) is 0 Å². The van der Waals surface area contributed by atoms with Gasteiger partial charge in [0.15, 0.2) is 0 Å². The summed E-state index contributed by atoms with van der Waals surface area (Å²) >= 11 is 0. The van der Waals surface area contributed by atoms with Gasteiger partial charge in [-0.3, -0.25) is 0 Å². The Kier molecular flexibility index (Phi) is 4.21. The van der Waals surface area contributed by atoms with E-state index < -0.39 is 0 Å². The maximum absolute atomic E-state index is 9.23. The van der Waals surface area contributed by atoms with Crippen LogP contribution in [0.5, 0.6) is 0 Å². The monoisotopic (exact) mass is 276 g/mol. The van der Waals surface area contributed by atoms with E-state index in [1.165, 1.54) is 16.8 Å². The van der Waals surface area contributed by atoms with E-state index in [0.717, 1.165) is 25.7 Å². The summed E-state index contributed by atoms with van der Waals surface area (Å²) in [7, 11) is 0. The Morgan fingerprint density at radius 2 is 1.76 bits per heavy atom. The number of nitrogens with zero attached hydrogens (tertiary/aromatic N) is 1. The Bertz CT molecular complexity index is 628. The van der Waals surface area contributed by atoms with Gasteiger partial charge in [0.05, 0.1) is 12.0 Å². The van der Waals surface area contributed by atoms with Crippen LogP contribution in [0, 0.1) is 17.2 Å². The van der Waals surface area contributed by atoms with Crippen LogP contribution in [0.15, 0.2) is 54.6 Å². The van der Waals surface area contributed by atoms with E-state index in [4.69, 9.17) is 0 Å². The van der Waals surface area contributed by atoms with Gasteiger partial charge in [0.2, 0.25) is 0 Å². The zero-order valence-electron chi connectivity index (χ0n) is 12.1. The first-order valence-electron chi connectivity index (χ1n) is 7.65. The Morgan fingerprint density at radius 1 is 1.00 bits per heavy atom. The second-order valence-corrected chi connectivity index (χ2v) is 5.74. The number of anilines is 1. The second-order valence-electron chi connectivity index (χ2n) is 5.74. The fraction of sp³-hybridized carbons (Fsp3) is 0.316. The van der Waals surface area contributed by atoms with Gasteiger partial charge in [0.1, 0.15) is 0 Å². The van der Waals surface area contributed by atoms with Crippen molar-refractivity contribution in [2.45, 2.75) is 31.7 Å². The van der Waals surface area contributed by atoms with Gasteiger partial charge in [-0.15, -0.1) is 0 Å². The van der Waals surface area contributed by atoms with Crippen molar-refractivity contribution in [3.63, 3.8) is 0 Å². The van der Waals surface area contributed by atoms with Gasteiger partial charge in [-0.05, 0) is 42.9 Å². The normalized spacial score (nSPS) is 20.9. The fourth-order valence-electron chi connectivity index (χ4n) is 3.12. The molecular weight excluding hydrogens is 256 g/mol. The van der Waals surface area contributed by atoms with E-state index >= 15 is 0 Å². The Balaban J connectivity index is 1.78. The summed E-state index contributed by atoms with van der Waals surface area (Å²) in [5, 5.41) is 12.8. The number of benzene rings is 2. The van der Waals surface area contributed by atoms with E-state index in [0.29, 0.717) is 6.04 Å². The van der Waals surface area contributed by atoms with Crippen LogP contribution in [0.3, 0.4) is 0 Å². The van der Waals surface area contributed by atoms with Gasteiger partial charge in [0.25, 0.3) is 0 Å². The highest BCUT2D eigenvalue weighted by atomic mass is 14.9. The molecule has 1 saturated carbocycles. The molecule has 2 aromatic rings. The van der Waals surface area contributed by atoms with Crippen LogP contribution in [0.1, 0.15) is 30.4 Å². The van der Waals surface area contributed by atoms with Crippen molar-refractivity contribution >= 4 is 5.69 Å². The number of nitrogens with one attached hydrogen (secondary N) is 1. The standard InChI is InChI=1S/C19H20N2/c20-14-17-10-6-12-19(17)21-18-11-5-4-9-16(18)13-15-7-2-1-3-8-15/h1-5,7-9,11,17,19,21H,6,10,12-13H2. The van der Waals surface area contributed by atoms with Gasteiger partial charge in [0, 0.05) is 11.7 Å². The molecule has 0 saturated heterocycles. The lowest BCUT2D eigenvalue weighted by Gasteiger charge is -2.19. The number of hydrogen-bond donors (Lipinski definition) is 1. The Labute approximate surface area is 126 Å². The molecule has 21 heavy (non-hydrogen) atoms. The lowest BCUT2D eigenvalue weighted by Crippen LogP contribution is -2.23. The lowest BCUT2D eigenvalue weighted by atomic mass is 10.0. The highest BCUT2D eigenvalue weighted by molar-refractivity contribution is 5.53. The summed E-state index contributed by atoms with van der Waals surface area (Å²) in [6.45, 7) is 0. The van der Waals surface area contributed by atoms with Crippen LogP contribution in [0.2, 0.25) is 0 Å². The molecule has 1 N–H and O–H groups in total. The maximum Gasteiger partial charge on any atom is 0.0677 e. The highest BCUT2D eigenvalue weighted by Crippen LogP contribution is 2.29. The summed E-state index contributed by atoms with van der Waals surface area (Å²) in [6.07, 6.45) is 4.19. The quantitative estimate of drug-likeness (QED) is 0.899. The van der Waals surface area contributed by atoms with Gasteiger partial charge < -0.3 is 5.32 Å². The molecule has 0 bridgehead atoms. The van der Waals surface area contributed by atoms with E-state index in [9.17, 15) is 5.26 Å². The number of para-hydroxylation sites is 1. The van der Waals surface area contributed by atoms with Crippen molar-refractivity contribution in [3.05, 3.63) is 65.7 Å². The van der Waals surface area contributed by atoms with E-state index in [-0.39, 0.29) is 5.92 Å². The molecule has 106 valence electrons.